The summed E-state index contributed by atoms with van der Waals surface area (Å²) < 4.78 is 5.25. The van der Waals surface area contributed by atoms with Crippen molar-refractivity contribution >= 4 is 11.9 Å². The van der Waals surface area contributed by atoms with Crippen LogP contribution in [0.25, 0.3) is 0 Å². The molecule has 6 heteroatoms. The summed E-state index contributed by atoms with van der Waals surface area (Å²) in [4.78, 5) is 26.5. The van der Waals surface area contributed by atoms with Crippen LogP contribution in [0.5, 0.6) is 5.75 Å². The average molecular weight is 278 g/mol. The Morgan fingerprint density at radius 3 is 2.80 bits per heavy atom. The maximum atomic E-state index is 11.8. The SMILES string of the molecule is O=C(COc1cnccc1C(=O)O)NC1CCCCC1. The lowest BCUT2D eigenvalue weighted by Crippen LogP contribution is -2.39. The summed E-state index contributed by atoms with van der Waals surface area (Å²) in [5.74, 6) is -1.22. The van der Waals surface area contributed by atoms with Gasteiger partial charge in [-0.2, -0.15) is 0 Å². The van der Waals surface area contributed by atoms with Crippen LogP contribution in [0, 0.1) is 0 Å². The molecule has 0 atom stereocenters. The number of ether oxygens (including phenoxy) is 1. The van der Waals surface area contributed by atoms with Gasteiger partial charge in [0.2, 0.25) is 0 Å². The lowest BCUT2D eigenvalue weighted by molar-refractivity contribution is -0.124. The lowest BCUT2D eigenvalue weighted by Gasteiger charge is -2.22. The Morgan fingerprint density at radius 1 is 1.35 bits per heavy atom. The van der Waals surface area contributed by atoms with Crippen molar-refractivity contribution in [3.63, 3.8) is 0 Å². The third kappa shape index (κ3) is 3.94. The molecule has 1 aromatic rings. The number of nitrogens with zero attached hydrogens (tertiary/aromatic N) is 1. The second kappa shape index (κ2) is 6.88. The average Bonchev–Trinajstić information content (AvgIpc) is 2.46. The fourth-order valence-corrected chi connectivity index (χ4v) is 2.33. The number of hydrogen-bond donors (Lipinski definition) is 2. The molecule has 20 heavy (non-hydrogen) atoms. The van der Waals surface area contributed by atoms with Gasteiger partial charge in [-0.3, -0.25) is 9.78 Å². The van der Waals surface area contributed by atoms with Crippen LogP contribution in [-0.2, 0) is 4.79 Å². The number of carbonyl (C=O) groups is 2. The van der Waals surface area contributed by atoms with E-state index >= 15 is 0 Å². The van der Waals surface area contributed by atoms with Gasteiger partial charge in [0, 0.05) is 12.2 Å². The minimum Gasteiger partial charge on any atom is -0.481 e. The highest BCUT2D eigenvalue weighted by Crippen LogP contribution is 2.18. The Bertz CT molecular complexity index is 484. The molecule has 1 aliphatic carbocycles. The quantitative estimate of drug-likeness (QED) is 0.854. The zero-order chi connectivity index (χ0) is 14.4. The van der Waals surface area contributed by atoms with Crippen molar-refractivity contribution in [2.75, 3.05) is 6.61 Å². The normalized spacial score (nSPS) is 15.6. The highest BCUT2D eigenvalue weighted by Gasteiger charge is 2.17. The van der Waals surface area contributed by atoms with E-state index in [-0.39, 0.29) is 29.9 Å². The van der Waals surface area contributed by atoms with Crippen LogP contribution < -0.4 is 10.1 Å². The van der Waals surface area contributed by atoms with E-state index in [4.69, 9.17) is 9.84 Å². The number of carboxylic acid groups (broad SMARTS) is 1. The van der Waals surface area contributed by atoms with E-state index in [0.717, 1.165) is 25.7 Å². The van der Waals surface area contributed by atoms with Gasteiger partial charge in [0.1, 0.15) is 5.56 Å². The molecule has 1 saturated carbocycles. The molecular formula is C14H18N2O4. The summed E-state index contributed by atoms with van der Waals surface area (Å²) in [7, 11) is 0. The van der Waals surface area contributed by atoms with Crippen LogP contribution in [0.3, 0.4) is 0 Å². The van der Waals surface area contributed by atoms with Gasteiger partial charge in [0.05, 0.1) is 6.20 Å². The van der Waals surface area contributed by atoms with Crippen LogP contribution in [0.15, 0.2) is 18.5 Å². The summed E-state index contributed by atoms with van der Waals surface area (Å²) in [6.07, 6.45) is 8.17. The maximum Gasteiger partial charge on any atom is 0.339 e. The summed E-state index contributed by atoms with van der Waals surface area (Å²) in [5, 5.41) is 11.9. The second-order valence-electron chi connectivity index (χ2n) is 4.87. The highest BCUT2D eigenvalue weighted by atomic mass is 16.5. The third-order valence-corrected chi connectivity index (χ3v) is 3.34. The number of aromatic nitrogens is 1. The number of amides is 1. The molecule has 0 radical (unpaired) electrons. The number of carbonyl (C=O) groups excluding carboxylic acids is 1. The van der Waals surface area contributed by atoms with E-state index in [1.165, 1.54) is 24.9 Å². The van der Waals surface area contributed by atoms with Crippen molar-refractivity contribution in [2.24, 2.45) is 0 Å². The topological polar surface area (TPSA) is 88.5 Å². The van der Waals surface area contributed by atoms with E-state index < -0.39 is 5.97 Å². The lowest BCUT2D eigenvalue weighted by atomic mass is 9.95. The number of hydrogen-bond acceptors (Lipinski definition) is 4. The smallest absolute Gasteiger partial charge is 0.339 e. The summed E-state index contributed by atoms with van der Waals surface area (Å²) in [5.41, 5.74) is 0.00506. The standard InChI is InChI=1S/C14H18N2O4/c17-13(16-10-4-2-1-3-5-10)9-20-12-8-15-7-6-11(12)14(18)19/h6-8,10H,1-5,9H2,(H,16,17)(H,18,19). The van der Waals surface area contributed by atoms with Crippen molar-refractivity contribution in [2.45, 2.75) is 38.1 Å². The molecule has 2 rings (SSSR count). The monoisotopic (exact) mass is 278 g/mol. The molecule has 0 aliphatic heterocycles. The molecule has 0 unspecified atom stereocenters. The highest BCUT2D eigenvalue weighted by molar-refractivity contribution is 5.90. The molecule has 0 bridgehead atoms. The summed E-state index contributed by atoms with van der Waals surface area (Å²) >= 11 is 0. The molecule has 1 aromatic heterocycles. The molecule has 0 aromatic carbocycles. The molecule has 1 heterocycles. The summed E-state index contributed by atoms with van der Waals surface area (Å²) in [6, 6.07) is 1.56. The molecule has 0 saturated heterocycles. The molecule has 1 amide bonds. The number of nitrogens with one attached hydrogen (secondary N) is 1. The van der Waals surface area contributed by atoms with Crippen LogP contribution in [0.4, 0.5) is 0 Å². The first-order valence-corrected chi connectivity index (χ1v) is 6.76. The molecule has 6 nitrogen and oxygen atoms in total. The second-order valence-corrected chi connectivity index (χ2v) is 4.87. The first-order chi connectivity index (χ1) is 9.66. The van der Waals surface area contributed by atoms with E-state index in [9.17, 15) is 9.59 Å². The zero-order valence-corrected chi connectivity index (χ0v) is 11.2. The molecule has 0 spiro atoms. The fraction of sp³-hybridized carbons (Fsp3) is 0.500. The van der Waals surface area contributed by atoms with Gasteiger partial charge in [0.15, 0.2) is 12.4 Å². The Balaban J connectivity index is 1.85. The Labute approximate surface area is 117 Å². The van der Waals surface area contributed by atoms with Gasteiger partial charge in [0.25, 0.3) is 5.91 Å². The molecule has 1 fully saturated rings. The fourth-order valence-electron chi connectivity index (χ4n) is 2.33. The molecule has 1 aliphatic rings. The van der Waals surface area contributed by atoms with Crippen LogP contribution in [0.1, 0.15) is 42.5 Å². The van der Waals surface area contributed by atoms with Crippen molar-refractivity contribution in [1.82, 2.24) is 10.3 Å². The number of rotatable bonds is 5. The number of pyridine rings is 1. The summed E-state index contributed by atoms with van der Waals surface area (Å²) in [6.45, 7) is -0.192. The van der Waals surface area contributed by atoms with Crippen molar-refractivity contribution in [3.8, 4) is 5.75 Å². The first-order valence-electron chi connectivity index (χ1n) is 6.76. The molecule has 2 N–H and O–H groups in total. The zero-order valence-electron chi connectivity index (χ0n) is 11.2. The van der Waals surface area contributed by atoms with Crippen LogP contribution in [-0.4, -0.2) is 34.6 Å². The largest absolute Gasteiger partial charge is 0.481 e. The molecule has 108 valence electrons. The van der Waals surface area contributed by atoms with Gasteiger partial charge < -0.3 is 15.2 Å². The van der Waals surface area contributed by atoms with Gasteiger partial charge in [-0.15, -0.1) is 0 Å². The van der Waals surface area contributed by atoms with Crippen molar-refractivity contribution in [3.05, 3.63) is 24.0 Å². The van der Waals surface area contributed by atoms with E-state index in [1.807, 2.05) is 0 Å². The number of aromatic carboxylic acids is 1. The van der Waals surface area contributed by atoms with Crippen LogP contribution in [0.2, 0.25) is 0 Å². The maximum absolute atomic E-state index is 11.8. The minimum absolute atomic E-state index is 0.00506. The predicted molar refractivity (Wildman–Crippen MR) is 71.7 cm³/mol. The molecular weight excluding hydrogens is 260 g/mol. The third-order valence-electron chi connectivity index (χ3n) is 3.34. The minimum atomic E-state index is -1.10. The van der Waals surface area contributed by atoms with Gasteiger partial charge in [-0.25, -0.2) is 4.79 Å². The van der Waals surface area contributed by atoms with Gasteiger partial charge >= 0.3 is 5.97 Å². The van der Waals surface area contributed by atoms with E-state index in [1.54, 1.807) is 0 Å². The Kier molecular flexibility index (Phi) is 4.92. The van der Waals surface area contributed by atoms with Crippen molar-refractivity contribution < 1.29 is 19.4 Å². The Hall–Kier alpha value is -2.11. The number of carboxylic acids is 1. The van der Waals surface area contributed by atoms with E-state index in [2.05, 4.69) is 10.3 Å². The Morgan fingerprint density at radius 2 is 2.10 bits per heavy atom. The van der Waals surface area contributed by atoms with E-state index in [0.29, 0.717) is 0 Å². The van der Waals surface area contributed by atoms with Gasteiger partial charge in [-0.05, 0) is 18.9 Å². The predicted octanol–water partition coefficient (Wildman–Crippen LogP) is 1.61. The first kappa shape index (κ1) is 14.3. The van der Waals surface area contributed by atoms with Crippen LogP contribution >= 0.6 is 0 Å². The van der Waals surface area contributed by atoms with Gasteiger partial charge in [-0.1, -0.05) is 19.3 Å². The van der Waals surface area contributed by atoms with Crippen molar-refractivity contribution in [1.29, 1.82) is 0 Å².